The van der Waals surface area contributed by atoms with Crippen LogP contribution in [0.4, 0.5) is 16.2 Å². The third-order valence-electron chi connectivity index (χ3n) is 2.96. The van der Waals surface area contributed by atoms with E-state index in [1.807, 2.05) is 10.6 Å². The molecule has 0 radical (unpaired) electrons. The van der Waals surface area contributed by atoms with E-state index in [9.17, 15) is 24.5 Å². The Labute approximate surface area is 142 Å². The van der Waals surface area contributed by atoms with Crippen molar-refractivity contribution in [2.45, 2.75) is 20.3 Å². The van der Waals surface area contributed by atoms with Gasteiger partial charge in [0.2, 0.25) is 5.91 Å². The molecule has 130 valence electrons. The predicted molar refractivity (Wildman–Crippen MR) is 87.1 cm³/mol. The minimum Gasteiger partial charge on any atom is -0.360 e. The maximum Gasteiger partial charge on any atom is 0.328 e. The lowest BCUT2D eigenvalue weighted by Gasteiger charge is -2.07. The van der Waals surface area contributed by atoms with Gasteiger partial charge in [-0.05, 0) is 18.6 Å². The number of carbonyl (C=O) groups excluding carboxylic acids is 3. The van der Waals surface area contributed by atoms with Gasteiger partial charge in [0.15, 0.2) is 0 Å². The molecule has 0 saturated heterocycles. The summed E-state index contributed by atoms with van der Waals surface area (Å²) in [6, 6.07) is 4.58. The van der Waals surface area contributed by atoms with Gasteiger partial charge in [-0.15, -0.1) is 0 Å². The Kier molecular flexibility index (Phi) is 6.78. The SMILES string of the molecule is CCC(=O)NC(=O)NC(=O)/C(C#N)=C/Nc1ccc([N+](=O)[O-])cc1C. The van der Waals surface area contributed by atoms with Crippen LogP contribution in [-0.2, 0) is 9.59 Å². The summed E-state index contributed by atoms with van der Waals surface area (Å²) in [5.74, 6) is -1.58. The zero-order valence-corrected chi connectivity index (χ0v) is 13.5. The van der Waals surface area contributed by atoms with E-state index in [0.29, 0.717) is 11.3 Å². The van der Waals surface area contributed by atoms with Gasteiger partial charge in [0.1, 0.15) is 11.6 Å². The van der Waals surface area contributed by atoms with Crippen LogP contribution in [0.25, 0.3) is 0 Å². The molecule has 0 aliphatic rings. The van der Waals surface area contributed by atoms with Crippen molar-refractivity contribution >= 4 is 29.2 Å². The van der Waals surface area contributed by atoms with Crippen molar-refractivity contribution in [3.8, 4) is 6.07 Å². The number of imide groups is 2. The number of benzene rings is 1. The van der Waals surface area contributed by atoms with Gasteiger partial charge in [0, 0.05) is 30.4 Å². The van der Waals surface area contributed by atoms with Crippen molar-refractivity contribution < 1.29 is 19.3 Å². The van der Waals surface area contributed by atoms with Crippen molar-refractivity contribution in [3.63, 3.8) is 0 Å². The van der Waals surface area contributed by atoms with Crippen LogP contribution in [-0.4, -0.2) is 22.8 Å². The van der Waals surface area contributed by atoms with Crippen molar-refractivity contribution in [1.82, 2.24) is 10.6 Å². The van der Waals surface area contributed by atoms with Gasteiger partial charge in [-0.2, -0.15) is 5.26 Å². The van der Waals surface area contributed by atoms with Crippen molar-refractivity contribution in [2.24, 2.45) is 0 Å². The zero-order valence-electron chi connectivity index (χ0n) is 13.5. The number of nitrogens with zero attached hydrogens (tertiary/aromatic N) is 2. The molecular weight excluding hydrogens is 330 g/mol. The molecule has 10 nitrogen and oxygen atoms in total. The number of aryl methyl sites for hydroxylation is 1. The number of carbonyl (C=O) groups is 3. The summed E-state index contributed by atoms with van der Waals surface area (Å²) in [5.41, 5.74) is 0.450. The predicted octanol–water partition coefficient (Wildman–Crippen LogP) is 1.48. The average molecular weight is 345 g/mol. The van der Waals surface area contributed by atoms with Gasteiger partial charge in [-0.25, -0.2) is 4.79 Å². The van der Waals surface area contributed by atoms with Crippen LogP contribution in [0.3, 0.4) is 0 Å². The van der Waals surface area contributed by atoms with E-state index in [1.54, 1.807) is 13.0 Å². The van der Waals surface area contributed by atoms with E-state index < -0.39 is 28.3 Å². The molecule has 10 heteroatoms. The lowest BCUT2D eigenvalue weighted by Crippen LogP contribution is -2.42. The van der Waals surface area contributed by atoms with Crippen LogP contribution in [0.1, 0.15) is 18.9 Å². The first kappa shape index (κ1) is 19.3. The number of non-ortho nitro benzene ring substituents is 1. The molecular formula is C15H15N5O5. The van der Waals surface area contributed by atoms with Crippen LogP contribution in [0, 0.1) is 28.4 Å². The first-order valence-corrected chi connectivity index (χ1v) is 7.05. The number of urea groups is 1. The Morgan fingerprint density at radius 1 is 1.32 bits per heavy atom. The van der Waals surface area contributed by atoms with Gasteiger partial charge < -0.3 is 5.32 Å². The monoisotopic (exact) mass is 345 g/mol. The number of nitro benzene ring substituents is 1. The number of nitro groups is 1. The van der Waals surface area contributed by atoms with E-state index in [0.717, 1.165) is 6.20 Å². The fraction of sp³-hybridized carbons (Fsp3) is 0.200. The lowest BCUT2D eigenvalue weighted by atomic mass is 10.2. The minimum atomic E-state index is -1.04. The lowest BCUT2D eigenvalue weighted by molar-refractivity contribution is -0.384. The number of hydrogen-bond donors (Lipinski definition) is 3. The Morgan fingerprint density at radius 2 is 2.00 bits per heavy atom. The number of anilines is 1. The summed E-state index contributed by atoms with van der Waals surface area (Å²) < 4.78 is 0. The second-order valence-electron chi connectivity index (χ2n) is 4.76. The van der Waals surface area contributed by atoms with E-state index in [1.165, 1.54) is 25.1 Å². The number of nitriles is 1. The highest BCUT2D eigenvalue weighted by molar-refractivity contribution is 6.09. The highest BCUT2D eigenvalue weighted by Gasteiger charge is 2.14. The summed E-state index contributed by atoms with van der Waals surface area (Å²) in [6.45, 7) is 3.14. The Balaban J connectivity index is 2.81. The van der Waals surface area contributed by atoms with E-state index in [4.69, 9.17) is 5.26 Å². The molecule has 1 aromatic rings. The standard InChI is InChI=1S/C15H15N5O5/c1-3-13(21)18-15(23)19-14(22)10(7-16)8-17-12-5-4-11(20(24)25)6-9(12)2/h4-6,8,17H,3H2,1-2H3,(H2,18,19,21,22,23)/b10-8+. The summed E-state index contributed by atoms with van der Waals surface area (Å²) >= 11 is 0. The molecule has 1 aromatic carbocycles. The first-order chi connectivity index (χ1) is 11.8. The molecule has 0 fully saturated rings. The fourth-order valence-electron chi connectivity index (χ4n) is 1.64. The van der Waals surface area contributed by atoms with Crippen molar-refractivity contribution in [2.75, 3.05) is 5.32 Å². The molecule has 3 N–H and O–H groups in total. The number of rotatable bonds is 5. The molecule has 0 unspecified atom stereocenters. The van der Waals surface area contributed by atoms with Gasteiger partial charge in [0.25, 0.3) is 11.6 Å². The Bertz CT molecular complexity index is 794. The van der Waals surface area contributed by atoms with Gasteiger partial charge in [0.05, 0.1) is 4.92 Å². The smallest absolute Gasteiger partial charge is 0.328 e. The maximum absolute atomic E-state index is 11.8. The first-order valence-electron chi connectivity index (χ1n) is 7.05. The zero-order chi connectivity index (χ0) is 19.0. The van der Waals surface area contributed by atoms with Gasteiger partial charge in [-0.1, -0.05) is 6.92 Å². The maximum atomic E-state index is 11.8. The average Bonchev–Trinajstić information content (AvgIpc) is 2.55. The van der Waals surface area contributed by atoms with Gasteiger partial charge in [-0.3, -0.25) is 30.3 Å². The fourth-order valence-corrected chi connectivity index (χ4v) is 1.64. The Morgan fingerprint density at radius 3 is 2.52 bits per heavy atom. The quantitative estimate of drug-likeness (QED) is 0.316. The van der Waals surface area contributed by atoms with E-state index in [-0.39, 0.29) is 12.1 Å². The molecule has 0 aliphatic carbocycles. The third-order valence-corrected chi connectivity index (χ3v) is 2.96. The van der Waals surface area contributed by atoms with E-state index >= 15 is 0 Å². The second-order valence-corrected chi connectivity index (χ2v) is 4.76. The van der Waals surface area contributed by atoms with Crippen LogP contribution in [0.2, 0.25) is 0 Å². The summed E-state index contributed by atoms with van der Waals surface area (Å²) in [6.07, 6.45) is 1.11. The number of nitrogens with one attached hydrogen (secondary N) is 3. The largest absolute Gasteiger partial charge is 0.360 e. The molecule has 0 spiro atoms. The highest BCUT2D eigenvalue weighted by Crippen LogP contribution is 2.21. The molecule has 0 saturated carbocycles. The normalized spacial score (nSPS) is 10.4. The highest BCUT2D eigenvalue weighted by atomic mass is 16.6. The van der Waals surface area contributed by atoms with Crippen LogP contribution in [0.15, 0.2) is 30.0 Å². The second kappa shape index (κ2) is 8.78. The Hall–Kier alpha value is -3.74. The van der Waals surface area contributed by atoms with Crippen molar-refractivity contribution in [3.05, 3.63) is 45.6 Å². The van der Waals surface area contributed by atoms with E-state index in [2.05, 4.69) is 5.32 Å². The van der Waals surface area contributed by atoms with Gasteiger partial charge >= 0.3 is 6.03 Å². The summed E-state index contributed by atoms with van der Waals surface area (Å²) in [7, 11) is 0. The minimum absolute atomic E-state index is 0.0591. The number of hydrogen-bond acceptors (Lipinski definition) is 7. The molecule has 25 heavy (non-hydrogen) atoms. The summed E-state index contributed by atoms with van der Waals surface area (Å²) in [4.78, 5) is 44.4. The molecule has 0 heterocycles. The molecule has 1 rings (SSSR count). The van der Waals surface area contributed by atoms with Crippen LogP contribution in [0.5, 0.6) is 0 Å². The molecule has 0 aromatic heterocycles. The van der Waals surface area contributed by atoms with Crippen LogP contribution >= 0.6 is 0 Å². The summed E-state index contributed by atoms with van der Waals surface area (Å²) in [5, 5.41) is 26.1. The molecule has 0 aliphatic heterocycles. The number of amides is 4. The van der Waals surface area contributed by atoms with Crippen molar-refractivity contribution in [1.29, 1.82) is 5.26 Å². The topological polar surface area (TPSA) is 154 Å². The third kappa shape index (κ3) is 5.76. The molecule has 0 atom stereocenters. The molecule has 4 amide bonds. The molecule has 0 bridgehead atoms. The van der Waals surface area contributed by atoms with Crippen LogP contribution < -0.4 is 16.0 Å².